The van der Waals surface area contributed by atoms with Crippen LogP contribution in [0.3, 0.4) is 0 Å². The van der Waals surface area contributed by atoms with Gasteiger partial charge in [-0.15, -0.1) is 0 Å². The molecule has 0 aliphatic heterocycles. The maximum absolute atomic E-state index is 8.66. The predicted octanol–water partition coefficient (Wildman–Crippen LogP) is 1.42. The van der Waals surface area contributed by atoms with Crippen LogP contribution in [-0.2, 0) is 0 Å². The fraction of sp³-hybridized carbons (Fsp3) is 0.455. The third kappa shape index (κ3) is 3.74. The van der Waals surface area contributed by atoms with Gasteiger partial charge in [0.15, 0.2) is 0 Å². The van der Waals surface area contributed by atoms with Crippen molar-refractivity contribution in [3.05, 3.63) is 29.8 Å². The molecule has 1 aromatic carbocycles. The Labute approximate surface area is 94.6 Å². The zero-order valence-electron chi connectivity index (χ0n) is 8.85. The topological polar surface area (TPSA) is 55.5 Å². The summed E-state index contributed by atoms with van der Waals surface area (Å²) in [5, 5.41) is 8.66. The minimum Gasteiger partial charge on any atom is -0.496 e. The van der Waals surface area contributed by atoms with Crippen LogP contribution in [0.2, 0.25) is 0 Å². The van der Waals surface area contributed by atoms with Gasteiger partial charge in [0.1, 0.15) is 5.75 Å². The Morgan fingerprint density at radius 2 is 2.20 bits per heavy atom. The van der Waals surface area contributed by atoms with Crippen LogP contribution < -0.4 is 10.5 Å². The van der Waals surface area contributed by atoms with E-state index in [1.807, 2.05) is 24.3 Å². The van der Waals surface area contributed by atoms with Gasteiger partial charge in [-0.05, 0) is 6.07 Å². The Kier molecular flexibility index (Phi) is 5.53. The van der Waals surface area contributed by atoms with Crippen LogP contribution in [-0.4, -0.2) is 30.3 Å². The molecule has 84 valence electrons. The van der Waals surface area contributed by atoms with E-state index in [1.54, 1.807) is 18.9 Å². The molecule has 4 heteroatoms. The van der Waals surface area contributed by atoms with Crippen molar-refractivity contribution in [1.29, 1.82) is 0 Å². The van der Waals surface area contributed by atoms with E-state index in [1.165, 1.54) is 0 Å². The van der Waals surface area contributed by atoms with E-state index in [0.717, 1.165) is 22.8 Å². The number of benzene rings is 1. The van der Waals surface area contributed by atoms with E-state index in [9.17, 15) is 0 Å². The first-order valence-corrected chi connectivity index (χ1v) is 6.02. The summed E-state index contributed by atoms with van der Waals surface area (Å²) < 4.78 is 5.23. The van der Waals surface area contributed by atoms with Crippen LogP contribution in [0.5, 0.6) is 5.75 Å². The third-order valence-corrected chi connectivity index (χ3v) is 3.14. The number of ether oxygens (including phenoxy) is 1. The Balaban J connectivity index is 2.59. The highest BCUT2D eigenvalue weighted by Crippen LogP contribution is 2.25. The number of rotatable bonds is 6. The van der Waals surface area contributed by atoms with Crippen molar-refractivity contribution in [1.82, 2.24) is 0 Å². The number of thioether (sulfide) groups is 1. The van der Waals surface area contributed by atoms with Gasteiger partial charge in [-0.3, -0.25) is 0 Å². The smallest absolute Gasteiger partial charge is 0.123 e. The van der Waals surface area contributed by atoms with Gasteiger partial charge >= 0.3 is 0 Å². The molecule has 3 N–H and O–H groups in total. The quantitative estimate of drug-likeness (QED) is 0.722. The van der Waals surface area contributed by atoms with Crippen molar-refractivity contribution in [3.8, 4) is 5.75 Å². The normalized spacial score (nSPS) is 12.5. The molecule has 0 aromatic heterocycles. The van der Waals surface area contributed by atoms with Crippen LogP contribution in [0.1, 0.15) is 11.6 Å². The average Bonchev–Trinajstić information content (AvgIpc) is 2.29. The highest BCUT2D eigenvalue weighted by molar-refractivity contribution is 7.99. The average molecular weight is 227 g/mol. The van der Waals surface area contributed by atoms with Gasteiger partial charge in [0, 0.05) is 23.1 Å². The van der Waals surface area contributed by atoms with Crippen molar-refractivity contribution < 1.29 is 9.84 Å². The first-order chi connectivity index (χ1) is 7.29. The number of para-hydroxylation sites is 1. The molecule has 1 rings (SSSR count). The molecule has 0 saturated carbocycles. The lowest BCUT2D eigenvalue weighted by Crippen LogP contribution is -2.14. The highest BCUT2D eigenvalue weighted by atomic mass is 32.2. The summed E-state index contributed by atoms with van der Waals surface area (Å²) in [7, 11) is 1.65. The van der Waals surface area contributed by atoms with Gasteiger partial charge < -0.3 is 15.6 Å². The monoisotopic (exact) mass is 227 g/mol. The molecule has 0 aliphatic rings. The van der Waals surface area contributed by atoms with E-state index in [0.29, 0.717) is 0 Å². The summed E-state index contributed by atoms with van der Waals surface area (Å²) in [5.74, 6) is 2.35. The van der Waals surface area contributed by atoms with Gasteiger partial charge in [0.25, 0.3) is 0 Å². The van der Waals surface area contributed by atoms with Crippen LogP contribution >= 0.6 is 11.8 Å². The number of aliphatic hydroxyl groups excluding tert-OH is 1. The van der Waals surface area contributed by atoms with Crippen molar-refractivity contribution in [3.63, 3.8) is 0 Å². The molecule has 0 aliphatic carbocycles. The standard InChI is InChI=1S/C11H17NO2S/c1-14-11-5-3-2-4-9(11)10(12)8-15-7-6-13/h2-5,10,13H,6-8,12H2,1H3. The summed E-state index contributed by atoms with van der Waals surface area (Å²) in [5.41, 5.74) is 7.05. The maximum Gasteiger partial charge on any atom is 0.123 e. The molecule has 0 heterocycles. The predicted molar refractivity (Wildman–Crippen MR) is 64.3 cm³/mol. The lowest BCUT2D eigenvalue weighted by Gasteiger charge is -2.14. The summed E-state index contributed by atoms with van der Waals surface area (Å²) in [6.07, 6.45) is 0. The van der Waals surface area contributed by atoms with E-state index in [4.69, 9.17) is 15.6 Å². The van der Waals surface area contributed by atoms with Gasteiger partial charge in [-0.2, -0.15) is 11.8 Å². The summed E-state index contributed by atoms with van der Waals surface area (Å²) in [6, 6.07) is 7.72. The largest absolute Gasteiger partial charge is 0.496 e. The van der Waals surface area contributed by atoms with Crippen molar-refractivity contribution >= 4 is 11.8 Å². The molecule has 0 spiro atoms. The van der Waals surface area contributed by atoms with E-state index in [-0.39, 0.29) is 12.6 Å². The lowest BCUT2D eigenvalue weighted by atomic mass is 10.1. The van der Waals surface area contributed by atoms with Crippen molar-refractivity contribution in [2.75, 3.05) is 25.2 Å². The van der Waals surface area contributed by atoms with Crippen molar-refractivity contribution in [2.45, 2.75) is 6.04 Å². The fourth-order valence-corrected chi connectivity index (χ4v) is 2.07. The minimum absolute atomic E-state index is 0.0438. The molecule has 0 saturated heterocycles. The van der Waals surface area contributed by atoms with Crippen LogP contribution in [0.4, 0.5) is 0 Å². The first kappa shape index (κ1) is 12.4. The van der Waals surface area contributed by atoms with Gasteiger partial charge in [0.05, 0.1) is 13.7 Å². The SMILES string of the molecule is COc1ccccc1C(N)CSCCO. The summed E-state index contributed by atoms with van der Waals surface area (Å²) in [4.78, 5) is 0. The molecule has 0 bridgehead atoms. The zero-order chi connectivity index (χ0) is 11.1. The molecule has 1 unspecified atom stereocenters. The van der Waals surface area contributed by atoms with Crippen molar-refractivity contribution in [2.24, 2.45) is 5.73 Å². The maximum atomic E-state index is 8.66. The molecule has 0 fully saturated rings. The lowest BCUT2D eigenvalue weighted by molar-refractivity contribution is 0.322. The number of methoxy groups -OCH3 is 1. The molecular formula is C11H17NO2S. The zero-order valence-corrected chi connectivity index (χ0v) is 9.67. The summed E-state index contributed by atoms with van der Waals surface area (Å²) in [6.45, 7) is 0.198. The first-order valence-electron chi connectivity index (χ1n) is 4.86. The van der Waals surface area contributed by atoms with Crippen LogP contribution in [0.15, 0.2) is 24.3 Å². The Morgan fingerprint density at radius 1 is 1.47 bits per heavy atom. The van der Waals surface area contributed by atoms with Gasteiger partial charge in [0.2, 0.25) is 0 Å². The van der Waals surface area contributed by atoms with E-state index in [2.05, 4.69) is 0 Å². The number of nitrogens with two attached hydrogens (primary N) is 1. The van der Waals surface area contributed by atoms with Gasteiger partial charge in [-0.1, -0.05) is 18.2 Å². The molecule has 1 atom stereocenters. The third-order valence-electron chi connectivity index (χ3n) is 2.07. The minimum atomic E-state index is -0.0438. The van der Waals surface area contributed by atoms with Gasteiger partial charge in [-0.25, -0.2) is 0 Å². The van der Waals surface area contributed by atoms with E-state index >= 15 is 0 Å². The highest BCUT2D eigenvalue weighted by Gasteiger charge is 2.10. The Morgan fingerprint density at radius 3 is 2.87 bits per heavy atom. The number of hydrogen-bond donors (Lipinski definition) is 2. The molecule has 0 amide bonds. The number of hydrogen-bond acceptors (Lipinski definition) is 4. The number of aliphatic hydroxyl groups is 1. The second-order valence-electron chi connectivity index (χ2n) is 3.15. The molecule has 3 nitrogen and oxygen atoms in total. The molecule has 1 aromatic rings. The van der Waals surface area contributed by atoms with Crippen LogP contribution in [0, 0.1) is 0 Å². The second kappa shape index (κ2) is 6.71. The fourth-order valence-electron chi connectivity index (χ4n) is 1.34. The molecular weight excluding hydrogens is 210 g/mol. The van der Waals surface area contributed by atoms with E-state index < -0.39 is 0 Å². The molecule has 15 heavy (non-hydrogen) atoms. The Hall–Kier alpha value is -0.710. The molecule has 0 radical (unpaired) electrons. The van der Waals surface area contributed by atoms with Crippen LogP contribution in [0.25, 0.3) is 0 Å². The summed E-state index contributed by atoms with van der Waals surface area (Å²) >= 11 is 1.64. The second-order valence-corrected chi connectivity index (χ2v) is 4.30. The Bertz CT molecular complexity index is 294.